The van der Waals surface area contributed by atoms with Gasteiger partial charge in [0.15, 0.2) is 5.96 Å². The third-order valence-corrected chi connectivity index (χ3v) is 5.95. The van der Waals surface area contributed by atoms with Crippen molar-refractivity contribution in [1.82, 2.24) is 10.2 Å². The molecule has 0 bridgehead atoms. The monoisotopic (exact) mass is 392 g/mol. The average molecular weight is 393 g/mol. The molecule has 4 rings (SSSR count). The Morgan fingerprint density at radius 1 is 1.14 bits per heavy atom. The molecule has 29 heavy (non-hydrogen) atoms. The van der Waals surface area contributed by atoms with Crippen LogP contribution >= 0.6 is 0 Å². The van der Waals surface area contributed by atoms with Crippen LogP contribution in [0.5, 0.6) is 5.75 Å². The molecule has 2 unspecified atom stereocenters. The summed E-state index contributed by atoms with van der Waals surface area (Å²) in [5, 5.41) is 3.39. The molecule has 2 aliphatic heterocycles. The zero-order valence-corrected chi connectivity index (χ0v) is 17.3. The number of nitrogens with two attached hydrogens (primary N) is 1. The van der Waals surface area contributed by atoms with Crippen molar-refractivity contribution in [2.45, 2.75) is 45.3 Å². The van der Waals surface area contributed by atoms with Crippen LogP contribution in [0, 0.1) is 5.92 Å². The van der Waals surface area contributed by atoms with Crippen molar-refractivity contribution in [3.05, 3.63) is 65.2 Å². The maximum atomic E-state index is 6.25. The highest BCUT2D eigenvalue weighted by Crippen LogP contribution is 2.31. The van der Waals surface area contributed by atoms with Gasteiger partial charge in [-0.3, -0.25) is 4.90 Å². The van der Waals surface area contributed by atoms with Gasteiger partial charge < -0.3 is 15.8 Å². The second-order valence-electron chi connectivity index (χ2n) is 8.32. The van der Waals surface area contributed by atoms with Gasteiger partial charge in [-0.2, -0.15) is 0 Å². The number of hydrogen-bond donors (Lipinski definition) is 2. The summed E-state index contributed by atoms with van der Waals surface area (Å²) in [5.74, 6) is 2.22. The predicted octanol–water partition coefficient (Wildman–Crippen LogP) is 3.85. The molecule has 0 aliphatic carbocycles. The molecule has 5 heteroatoms. The highest BCUT2D eigenvalue weighted by atomic mass is 16.5. The van der Waals surface area contributed by atoms with Crippen molar-refractivity contribution in [3.8, 4) is 5.75 Å². The molecule has 1 saturated heterocycles. The Bertz CT molecular complexity index is 850. The standard InChI is InChI=1S/C24H32N4O/c1-18-7-6-13-28(16-18)17-20-9-3-2-8-19(20)15-26-24(25)27-22-12-14-29-23-11-5-4-10-21(22)23/h2-5,8-11,18,22H,6-7,12-17H2,1H3,(H3,25,26,27). The molecule has 0 radical (unpaired) electrons. The number of nitrogens with zero attached hydrogens (tertiary/aromatic N) is 2. The van der Waals surface area contributed by atoms with E-state index in [9.17, 15) is 0 Å². The summed E-state index contributed by atoms with van der Waals surface area (Å²) in [7, 11) is 0. The van der Waals surface area contributed by atoms with E-state index in [-0.39, 0.29) is 6.04 Å². The molecule has 1 fully saturated rings. The maximum Gasteiger partial charge on any atom is 0.189 e. The Labute approximate surface area is 174 Å². The molecule has 0 spiro atoms. The first-order valence-electron chi connectivity index (χ1n) is 10.8. The van der Waals surface area contributed by atoms with Crippen LogP contribution in [0.25, 0.3) is 0 Å². The van der Waals surface area contributed by atoms with Crippen LogP contribution in [-0.2, 0) is 13.1 Å². The summed E-state index contributed by atoms with van der Waals surface area (Å²) in [6.07, 6.45) is 3.53. The fourth-order valence-electron chi connectivity index (χ4n) is 4.42. The lowest BCUT2D eigenvalue weighted by molar-refractivity contribution is 0.176. The number of rotatable bonds is 5. The first kappa shape index (κ1) is 19.8. The fourth-order valence-corrected chi connectivity index (χ4v) is 4.42. The van der Waals surface area contributed by atoms with Gasteiger partial charge in [0.2, 0.25) is 0 Å². The van der Waals surface area contributed by atoms with Crippen molar-refractivity contribution in [2.75, 3.05) is 19.7 Å². The van der Waals surface area contributed by atoms with E-state index in [0.717, 1.165) is 30.2 Å². The number of ether oxygens (including phenoxy) is 1. The SMILES string of the molecule is CC1CCCN(Cc2ccccc2CN=C(N)NC2CCOc3ccccc32)C1. The normalized spacial score (nSPS) is 22.6. The van der Waals surface area contributed by atoms with Gasteiger partial charge in [-0.1, -0.05) is 49.4 Å². The van der Waals surface area contributed by atoms with Crippen molar-refractivity contribution in [2.24, 2.45) is 16.6 Å². The molecule has 0 saturated carbocycles. The molecular formula is C24H32N4O. The number of guanidine groups is 1. The van der Waals surface area contributed by atoms with Crippen molar-refractivity contribution < 1.29 is 4.74 Å². The van der Waals surface area contributed by atoms with E-state index in [0.29, 0.717) is 19.1 Å². The predicted molar refractivity (Wildman–Crippen MR) is 118 cm³/mol. The Balaban J connectivity index is 1.40. The number of nitrogens with one attached hydrogen (secondary N) is 1. The van der Waals surface area contributed by atoms with Gasteiger partial charge in [-0.25, -0.2) is 4.99 Å². The van der Waals surface area contributed by atoms with Crippen LogP contribution in [0.2, 0.25) is 0 Å². The van der Waals surface area contributed by atoms with E-state index in [4.69, 9.17) is 10.5 Å². The highest BCUT2D eigenvalue weighted by Gasteiger charge is 2.21. The zero-order chi connectivity index (χ0) is 20.1. The Kier molecular flexibility index (Phi) is 6.35. The number of para-hydroxylation sites is 1. The fraction of sp³-hybridized carbons (Fsp3) is 0.458. The van der Waals surface area contributed by atoms with E-state index < -0.39 is 0 Å². The molecular weight excluding hydrogens is 360 g/mol. The Hall–Kier alpha value is -2.53. The van der Waals surface area contributed by atoms with Crippen molar-refractivity contribution in [1.29, 1.82) is 0 Å². The second-order valence-corrected chi connectivity index (χ2v) is 8.32. The van der Waals surface area contributed by atoms with E-state index in [2.05, 4.69) is 52.5 Å². The maximum absolute atomic E-state index is 6.25. The quantitative estimate of drug-likeness (QED) is 0.599. The first-order valence-corrected chi connectivity index (χ1v) is 10.8. The smallest absolute Gasteiger partial charge is 0.189 e. The number of hydrogen-bond acceptors (Lipinski definition) is 3. The Morgan fingerprint density at radius 2 is 1.93 bits per heavy atom. The molecule has 2 atom stereocenters. The van der Waals surface area contributed by atoms with E-state index in [1.54, 1.807) is 0 Å². The van der Waals surface area contributed by atoms with Gasteiger partial charge in [0.25, 0.3) is 0 Å². The molecule has 2 aliphatic rings. The van der Waals surface area contributed by atoms with E-state index >= 15 is 0 Å². The molecule has 2 aromatic rings. The number of aliphatic imine (C=N–C) groups is 1. The van der Waals surface area contributed by atoms with Crippen LogP contribution in [0.1, 0.15) is 48.9 Å². The van der Waals surface area contributed by atoms with Gasteiger partial charge in [-0.05, 0) is 42.5 Å². The average Bonchev–Trinajstić information content (AvgIpc) is 2.73. The number of fused-ring (bicyclic) bond motifs is 1. The van der Waals surface area contributed by atoms with Crippen molar-refractivity contribution in [3.63, 3.8) is 0 Å². The van der Waals surface area contributed by atoms with Crippen molar-refractivity contribution >= 4 is 5.96 Å². The molecule has 0 aromatic heterocycles. The van der Waals surface area contributed by atoms with Gasteiger partial charge in [0.05, 0.1) is 19.2 Å². The lowest BCUT2D eigenvalue weighted by Gasteiger charge is -2.31. The minimum atomic E-state index is 0.147. The topological polar surface area (TPSA) is 62.9 Å². The zero-order valence-electron chi connectivity index (χ0n) is 17.3. The van der Waals surface area contributed by atoms with Crippen LogP contribution in [-0.4, -0.2) is 30.6 Å². The summed E-state index contributed by atoms with van der Waals surface area (Å²) in [4.78, 5) is 7.22. The minimum absolute atomic E-state index is 0.147. The summed E-state index contributed by atoms with van der Waals surface area (Å²) in [6, 6.07) is 16.9. The molecule has 2 aromatic carbocycles. The van der Waals surface area contributed by atoms with Crippen LogP contribution in [0.3, 0.4) is 0 Å². The summed E-state index contributed by atoms with van der Waals surface area (Å²) in [6.45, 7) is 7.02. The number of likely N-dealkylation sites (tertiary alicyclic amines) is 1. The third kappa shape index (κ3) is 5.10. The molecule has 2 heterocycles. The molecule has 3 N–H and O–H groups in total. The molecule has 5 nitrogen and oxygen atoms in total. The van der Waals surface area contributed by atoms with Crippen LogP contribution < -0.4 is 15.8 Å². The van der Waals surface area contributed by atoms with Crippen LogP contribution in [0.15, 0.2) is 53.5 Å². The molecule has 154 valence electrons. The van der Waals surface area contributed by atoms with Gasteiger partial charge in [0.1, 0.15) is 5.75 Å². The van der Waals surface area contributed by atoms with E-state index in [1.807, 2.05) is 18.2 Å². The van der Waals surface area contributed by atoms with Gasteiger partial charge >= 0.3 is 0 Å². The van der Waals surface area contributed by atoms with Gasteiger partial charge in [0, 0.05) is 25.1 Å². The lowest BCUT2D eigenvalue weighted by atomic mass is 9.99. The largest absolute Gasteiger partial charge is 0.493 e. The lowest BCUT2D eigenvalue weighted by Crippen LogP contribution is -2.37. The summed E-state index contributed by atoms with van der Waals surface area (Å²) >= 11 is 0. The van der Waals surface area contributed by atoms with E-state index in [1.165, 1.54) is 37.1 Å². The minimum Gasteiger partial charge on any atom is -0.493 e. The number of piperidine rings is 1. The first-order chi connectivity index (χ1) is 14.2. The Morgan fingerprint density at radius 3 is 2.79 bits per heavy atom. The highest BCUT2D eigenvalue weighted by molar-refractivity contribution is 5.78. The summed E-state index contributed by atoms with van der Waals surface area (Å²) < 4.78 is 5.73. The second kappa shape index (κ2) is 9.31. The molecule has 0 amide bonds. The van der Waals surface area contributed by atoms with Crippen LogP contribution in [0.4, 0.5) is 0 Å². The number of benzene rings is 2. The third-order valence-electron chi connectivity index (χ3n) is 5.95. The summed E-state index contributed by atoms with van der Waals surface area (Å²) in [5.41, 5.74) is 10.0. The van der Waals surface area contributed by atoms with Gasteiger partial charge in [-0.15, -0.1) is 0 Å².